The number of carbonyl (C=O) groups is 1. The summed E-state index contributed by atoms with van der Waals surface area (Å²) in [4.78, 5) is 21.8. The molecule has 0 unspecified atom stereocenters. The molecule has 10 heteroatoms. The number of nitrogens with zero attached hydrogens (tertiary/aromatic N) is 4. The fraction of sp³-hybridized carbons (Fsp3) is 0.300. The van der Waals surface area contributed by atoms with Crippen molar-refractivity contribution in [2.45, 2.75) is 20.0 Å². The normalized spacial score (nSPS) is 10.5. The Hall–Kier alpha value is -2.23. The molecule has 20 heavy (non-hydrogen) atoms. The maximum absolute atomic E-state index is 11.9. The highest BCUT2D eigenvalue weighted by Gasteiger charge is 2.24. The van der Waals surface area contributed by atoms with Gasteiger partial charge in [0.15, 0.2) is 5.69 Å². The topological polar surface area (TPSA) is 119 Å². The number of aromatic nitrogens is 4. The van der Waals surface area contributed by atoms with Gasteiger partial charge in [0.1, 0.15) is 4.47 Å². The van der Waals surface area contributed by atoms with Gasteiger partial charge in [0.25, 0.3) is 5.91 Å². The van der Waals surface area contributed by atoms with Crippen LogP contribution in [0.1, 0.15) is 23.1 Å². The lowest BCUT2D eigenvalue weighted by Crippen LogP contribution is -2.23. The first-order valence-electron chi connectivity index (χ1n) is 5.71. The summed E-state index contributed by atoms with van der Waals surface area (Å²) in [5, 5.41) is 23.2. The third-order valence-corrected chi connectivity index (χ3v) is 3.29. The van der Waals surface area contributed by atoms with Crippen molar-refractivity contribution >= 4 is 27.7 Å². The van der Waals surface area contributed by atoms with Crippen LogP contribution < -0.4 is 5.32 Å². The van der Waals surface area contributed by atoms with Gasteiger partial charge in [0.2, 0.25) is 0 Å². The molecule has 106 valence electrons. The third kappa shape index (κ3) is 2.85. The number of nitrogens with one attached hydrogen (secondary N) is 2. The van der Waals surface area contributed by atoms with Crippen LogP contribution in [0.3, 0.4) is 0 Å². The molecule has 0 atom stereocenters. The van der Waals surface area contributed by atoms with E-state index < -0.39 is 10.8 Å². The van der Waals surface area contributed by atoms with Gasteiger partial charge in [-0.3, -0.25) is 9.48 Å². The van der Waals surface area contributed by atoms with Gasteiger partial charge in [-0.15, -0.1) is 5.10 Å². The van der Waals surface area contributed by atoms with Gasteiger partial charge in [-0.1, -0.05) is 5.10 Å². The van der Waals surface area contributed by atoms with Crippen LogP contribution >= 0.6 is 15.9 Å². The number of H-pyrrole nitrogens is 1. The molecule has 0 radical (unpaired) electrons. The van der Waals surface area contributed by atoms with E-state index in [1.54, 1.807) is 16.9 Å². The van der Waals surface area contributed by atoms with Crippen LogP contribution in [0.4, 0.5) is 5.82 Å². The number of aryl methyl sites for hydroxylation is 1. The lowest BCUT2D eigenvalue weighted by Gasteiger charge is -2.00. The van der Waals surface area contributed by atoms with E-state index in [4.69, 9.17) is 0 Å². The highest BCUT2D eigenvalue weighted by Crippen LogP contribution is 2.25. The van der Waals surface area contributed by atoms with Crippen molar-refractivity contribution in [1.82, 2.24) is 25.3 Å². The minimum Gasteiger partial charge on any atom is -0.358 e. The Balaban J connectivity index is 2.03. The van der Waals surface area contributed by atoms with Gasteiger partial charge < -0.3 is 15.4 Å². The molecule has 2 rings (SSSR count). The lowest BCUT2D eigenvalue weighted by atomic mass is 10.3. The number of amides is 1. The number of hydrogen-bond acceptors (Lipinski definition) is 5. The number of nitro groups is 1. The molecular weight excluding hydrogens is 332 g/mol. The summed E-state index contributed by atoms with van der Waals surface area (Å²) in [6, 6.07) is 1.78. The monoisotopic (exact) mass is 342 g/mol. The van der Waals surface area contributed by atoms with Crippen LogP contribution in [0.2, 0.25) is 0 Å². The van der Waals surface area contributed by atoms with Crippen molar-refractivity contribution in [3.05, 3.63) is 38.2 Å². The van der Waals surface area contributed by atoms with Crippen molar-refractivity contribution < 1.29 is 9.72 Å². The SMILES string of the molecule is CCn1ccc(CNC(=O)c2n[nH]c([N+](=O)[O-])c2Br)n1. The molecule has 0 aliphatic heterocycles. The average Bonchev–Trinajstić information content (AvgIpc) is 3.02. The second kappa shape index (κ2) is 5.82. The number of aromatic amines is 1. The predicted molar refractivity (Wildman–Crippen MR) is 72.0 cm³/mol. The van der Waals surface area contributed by atoms with Crippen LogP contribution in [0.15, 0.2) is 16.7 Å². The van der Waals surface area contributed by atoms with Gasteiger partial charge in [-0.05, 0) is 33.8 Å². The fourth-order valence-corrected chi connectivity index (χ4v) is 2.02. The molecule has 2 heterocycles. The molecule has 0 aliphatic rings. The molecule has 1 amide bonds. The summed E-state index contributed by atoms with van der Waals surface area (Å²) >= 11 is 2.98. The van der Waals surface area contributed by atoms with Crippen LogP contribution in [-0.2, 0) is 13.1 Å². The maximum atomic E-state index is 11.9. The van der Waals surface area contributed by atoms with Gasteiger partial charge in [0, 0.05) is 12.7 Å². The molecule has 9 nitrogen and oxygen atoms in total. The van der Waals surface area contributed by atoms with E-state index in [2.05, 4.69) is 36.5 Å². The Kier molecular flexibility index (Phi) is 4.13. The van der Waals surface area contributed by atoms with Crippen molar-refractivity contribution in [3.8, 4) is 0 Å². The highest BCUT2D eigenvalue weighted by molar-refractivity contribution is 9.10. The fourth-order valence-electron chi connectivity index (χ4n) is 1.52. The van der Waals surface area contributed by atoms with Crippen molar-refractivity contribution in [2.24, 2.45) is 0 Å². The highest BCUT2D eigenvalue weighted by atomic mass is 79.9. The average molecular weight is 343 g/mol. The second-order valence-corrected chi connectivity index (χ2v) is 4.63. The summed E-state index contributed by atoms with van der Waals surface area (Å²) in [5.41, 5.74) is 0.632. The standard InChI is InChI=1S/C10H11BrN6O3/c1-2-16-4-3-6(15-16)5-12-10(18)8-7(11)9(14-13-8)17(19)20/h3-4H,2,5H2,1H3,(H,12,18)(H,13,14). The van der Waals surface area contributed by atoms with Crippen LogP contribution in [0, 0.1) is 10.1 Å². The molecule has 0 aliphatic carbocycles. The zero-order chi connectivity index (χ0) is 14.7. The van der Waals surface area contributed by atoms with Gasteiger partial charge in [0.05, 0.1) is 12.2 Å². The van der Waals surface area contributed by atoms with E-state index in [0.717, 1.165) is 6.54 Å². The van der Waals surface area contributed by atoms with E-state index in [1.165, 1.54) is 0 Å². The maximum Gasteiger partial charge on any atom is 0.357 e. The first-order chi connectivity index (χ1) is 9.52. The molecule has 0 spiro atoms. The van der Waals surface area contributed by atoms with Crippen molar-refractivity contribution in [3.63, 3.8) is 0 Å². The molecule has 0 aromatic carbocycles. The van der Waals surface area contributed by atoms with Gasteiger partial charge in [-0.25, -0.2) is 0 Å². The molecule has 2 N–H and O–H groups in total. The molecule has 0 saturated carbocycles. The second-order valence-electron chi connectivity index (χ2n) is 3.84. The molecule has 2 aromatic rings. The summed E-state index contributed by atoms with van der Waals surface area (Å²) in [6.45, 7) is 2.92. The quantitative estimate of drug-likeness (QED) is 0.625. The van der Waals surface area contributed by atoms with Gasteiger partial charge >= 0.3 is 5.82 Å². The Morgan fingerprint density at radius 2 is 2.40 bits per heavy atom. The summed E-state index contributed by atoms with van der Waals surface area (Å²) < 4.78 is 1.76. The molecular formula is C10H11BrN6O3. The van der Waals surface area contributed by atoms with E-state index >= 15 is 0 Å². The number of rotatable bonds is 5. The summed E-state index contributed by atoms with van der Waals surface area (Å²) in [6.07, 6.45) is 1.80. The van der Waals surface area contributed by atoms with Gasteiger partial charge in [-0.2, -0.15) is 5.10 Å². The van der Waals surface area contributed by atoms with E-state index in [-0.39, 0.29) is 22.5 Å². The van der Waals surface area contributed by atoms with E-state index in [9.17, 15) is 14.9 Å². The first kappa shape index (κ1) is 14.2. The van der Waals surface area contributed by atoms with Crippen molar-refractivity contribution in [2.75, 3.05) is 0 Å². The Morgan fingerprint density at radius 1 is 1.65 bits per heavy atom. The molecule has 2 aromatic heterocycles. The van der Waals surface area contributed by atoms with Crippen LogP contribution in [-0.4, -0.2) is 30.8 Å². The Labute approximate surface area is 121 Å². The number of carbonyl (C=O) groups excluding carboxylic acids is 1. The van der Waals surface area contributed by atoms with Crippen molar-refractivity contribution in [1.29, 1.82) is 0 Å². The zero-order valence-corrected chi connectivity index (χ0v) is 12.0. The predicted octanol–water partition coefficient (Wildman–Crippen LogP) is 1.23. The largest absolute Gasteiger partial charge is 0.358 e. The minimum absolute atomic E-state index is 0.0269. The lowest BCUT2D eigenvalue weighted by molar-refractivity contribution is -0.390. The zero-order valence-electron chi connectivity index (χ0n) is 10.5. The van der Waals surface area contributed by atoms with E-state index in [0.29, 0.717) is 5.69 Å². The third-order valence-electron chi connectivity index (χ3n) is 2.54. The van der Waals surface area contributed by atoms with E-state index in [1.807, 2.05) is 6.92 Å². The molecule has 0 saturated heterocycles. The van der Waals surface area contributed by atoms with Crippen LogP contribution in [0.25, 0.3) is 0 Å². The number of hydrogen-bond donors (Lipinski definition) is 2. The number of halogens is 1. The summed E-state index contributed by atoms with van der Waals surface area (Å²) in [5.74, 6) is -0.877. The van der Waals surface area contributed by atoms with Crippen LogP contribution in [0.5, 0.6) is 0 Å². The molecule has 0 fully saturated rings. The minimum atomic E-state index is -0.656. The Morgan fingerprint density at radius 3 is 2.95 bits per heavy atom. The summed E-state index contributed by atoms with van der Waals surface area (Å²) in [7, 11) is 0. The Bertz CT molecular complexity index is 649. The molecule has 0 bridgehead atoms. The first-order valence-corrected chi connectivity index (χ1v) is 6.51. The smallest absolute Gasteiger partial charge is 0.357 e.